The summed E-state index contributed by atoms with van der Waals surface area (Å²) in [6.45, 7) is 2.36. The van der Waals surface area contributed by atoms with E-state index in [9.17, 15) is 9.59 Å². The number of carbonyl (C=O) groups is 1. The Balaban J connectivity index is 1.61. The summed E-state index contributed by atoms with van der Waals surface area (Å²) in [4.78, 5) is 33.8. The maximum Gasteiger partial charge on any atom is 0.261 e. The van der Waals surface area contributed by atoms with Crippen molar-refractivity contribution in [3.8, 4) is 5.75 Å². The number of carbonyl (C=O) groups excluding carboxylic acids is 1. The number of hydrogen-bond donors (Lipinski definition) is 0. The number of amides is 1. The lowest BCUT2D eigenvalue weighted by atomic mass is 10.1. The predicted molar refractivity (Wildman–Crippen MR) is 132 cm³/mol. The highest BCUT2D eigenvalue weighted by Gasteiger charge is 2.22. The van der Waals surface area contributed by atoms with E-state index in [2.05, 4.69) is 11.1 Å². The van der Waals surface area contributed by atoms with Gasteiger partial charge in [0.1, 0.15) is 12.3 Å². The Kier molecular flexibility index (Phi) is 7.11. The van der Waals surface area contributed by atoms with Crippen LogP contribution in [0.25, 0.3) is 10.9 Å². The number of methoxy groups -OCH3 is 1. The topological polar surface area (TPSA) is 64.4 Å². The monoisotopic (exact) mass is 481 g/mol. The van der Waals surface area contributed by atoms with Gasteiger partial charge in [0, 0.05) is 28.9 Å². The second kappa shape index (κ2) is 10.2. The summed E-state index contributed by atoms with van der Waals surface area (Å²) >= 11 is 7.73. The summed E-state index contributed by atoms with van der Waals surface area (Å²) in [6, 6.07) is 16.6. The van der Waals surface area contributed by atoms with Crippen molar-refractivity contribution >= 4 is 39.7 Å². The average molecular weight is 482 g/mol. The molecular weight excluding hydrogens is 458 g/mol. The Morgan fingerprint density at radius 2 is 2.00 bits per heavy atom. The summed E-state index contributed by atoms with van der Waals surface area (Å²) < 4.78 is 6.59. The molecule has 0 aliphatic rings. The molecule has 0 spiro atoms. The number of thiophene rings is 1. The quantitative estimate of drug-likeness (QED) is 0.363. The number of fused-ring (bicyclic) bond motifs is 1. The van der Waals surface area contributed by atoms with Gasteiger partial charge in [-0.05, 0) is 54.3 Å². The molecule has 0 N–H and O–H groups in total. The number of nitrogens with zero attached hydrogens (tertiary/aromatic N) is 3. The van der Waals surface area contributed by atoms with Gasteiger partial charge in [0.2, 0.25) is 5.91 Å². The molecule has 0 saturated carbocycles. The SMILES string of the molecule is COc1ccc(CN(C(=O)Cn2cnc3ccc(Cl)cc3c2=O)[C@@H](C)Cc2cccs2)cc1. The van der Waals surface area contributed by atoms with Crippen LogP contribution in [0.2, 0.25) is 5.02 Å². The van der Waals surface area contributed by atoms with E-state index in [-0.39, 0.29) is 24.1 Å². The molecule has 1 atom stereocenters. The van der Waals surface area contributed by atoms with Crippen LogP contribution >= 0.6 is 22.9 Å². The van der Waals surface area contributed by atoms with Crippen LogP contribution in [0, 0.1) is 0 Å². The van der Waals surface area contributed by atoms with Crippen LogP contribution in [0.5, 0.6) is 5.75 Å². The Morgan fingerprint density at radius 3 is 2.70 bits per heavy atom. The molecular formula is C25H24ClN3O3S. The number of halogens is 1. The zero-order chi connectivity index (χ0) is 23.4. The van der Waals surface area contributed by atoms with Gasteiger partial charge in [-0.2, -0.15) is 0 Å². The van der Waals surface area contributed by atoms with Crippen LogP contribution in [-0.4, -0.2) is 33.5 Å². The molecule has 6 nitrogen and oxygen atoms in total. The summed E-state index contributed by atoms with van der Waals surface area (Å²) in [5.41, 5.74) is 1.25. The zero-order valence-electron chi connectivity index (χ0n) is 18.4. The van der Waals surface area contributed by atoms with Crippen LogP contribution in [0.15, 0.2) is 71.1 Å². The summed E-state index contributed by atoms with van der Waals surface area (Å²) in [7, 11) is 1.62. The van der Waals surface area contributed by atoms with Gasteiger partial charge in [0.15, 0.2) is 0 Å². The third-order valence-electron chi connectivity index (χ3n) is 5.53. The Hall–Kier alpha value is -3.16. The molecule has 0 radical (unpaired) electrons. The van der Waals surface area contributed by atoms with Gasteiger partial charge in [-0.1, -0.05) is 29.8 Å². The minimum Gasteiger partial charge on any atom is -0.497 e. The lowest BCUT2D eigenvalue weighted by Crippen LogP contribution is -2.42. The van der Waals surface area contributed by atoms with E-state index >= 15 is 0 Å². The minimum atomic E-state index is -0.286. The summed E-state index contributed by atoms with van der Waals surface area (Å²) in [5, 5.41) is 2.88. The maximum absolute atomic E-state index is 13.5. The highest BCUT2D eigenvalue weighted by atomic mass is 35.5. The third-order valence-corrected chi connectivity index (χ3v) is 6.67. The normalized spacial score (nSPS) is 12.0. The highest BCUT2D eigenvalue weighted by molar-refractivity contribution is 7.09. The second-order valence-electron chi connectivity index (χ2n) is 7.84. The second-order valence-corrected chi connectivity index (χ2v) is 9.31. The molecule has 2 heterocycles. The van der Waals surface area contributed by atoms with Crippen molar-refractivity contribution in [3.05, 3.63) is 92.1 Å². The fourth-order valence-corrected chi connectivity index (χ4v) is 4.73. The Morgan fingerprint density at radius 1 is 1.21 bits per heavy atom. The van der Waals surface area contributed by atoms with Gasteiger partial charge in [-0.3, -0.25) is 14.2 Å². The molecule has 0 aliphatic carbocycles. The smallest absolute Gasteiger partial charge is 0.261 e. The van der Waals surface area contributed by atoms with Crippen molar-refractivity contribution in [1.82, 2.24) is 14.5 Å². The molecule has 4 rings (SSSR count). The fraction of sp³-hybridized carbons (Fsp3) is 0.240. The van der Waals surface area contributed by atoms with Gasteiger partial charge in [0.25, 0.3) is 5.56 Å². The molecule has 8 heteroatoms. The number of benzene rings is 2. The molecule has 0 saturated heterocycles. The first-order valence-corrected chi connectivity index (χ1v) is 11.8. The molecule has 2 aromatic heterocycles. The van der Waals surface area contributed by atoms with Crippen molar-refractivity contribution in [1.29, 1.82) is 0 Å². The molecule has 4 aromatic rings. The van der Waals surface area contributed by atoms with Gasteiger partial charge >= 0.3 is 0 Å². The van der Waals surface area contributed by atoms with Gasteiger partial charge in [-0.25, -0.2) is 4.98 Å². The Labute approximate surface area is 201 Å². The lowest BCUT2D eigenvalue weighted by Gasteiger charge is -2.30. The van der Waals surface area contributed by atoms with E-state index in [1.165, 1.54) is 15.8 Å². The molecule has 2 aromatic carbocycles. The average Bonchev–Trinajstić information content (AvgIpc) is 3.33. The van der Waals surface area contributed by atoms with Crippen molar-refractivity contribution in [2.24, 2.45) is 0 Å². The third kappa shape index (κ3) is 5.43. The molecule has 0 aliphatic heterocycles. The van der Waals surface area contributed by atoms with Gasteiger partial charge in [0.05, 0.1) is 24.3 Å². The lowest BCUT2D eigenvalue weighted by molar-refractivity contribution is -0.134. The van der Waals surface area contributed by atoms with Crippen molar-refractivity contribution in [2.45, 2.75) is 32.5 Å². The zero-order valence-corrected chi connectivity index (χ0v) is 20.0. The van der Waals surface area contributed by atoms with Crippen molar-refractivity contribution in [3.63, 3.8) is 0 Å². The van der Waals surface area contributed by atoms with Gasteiger partial charge < -0.3 is 9.64 Å². The van der Waals surface area contributed by atoms with Gasteiger partial charge in [-0.15, -0.1) is 11.3 Å². The highest BCUT2D eigenvalue weighted by Crippen LogP contribution is 2.19. The largest absolute Gasteiger partial charge is 0.497 e. The first-order chi connectivity index (χ1) is 15.9. The van der Waals surface area contributed by atoms with Crippen LogP contribution in [0.3, 0.4) is 0 Å². The van der Waals surface area contributed by atoms with E-state index in [1.807, 2.05) is 47.5 Å². The summed E-state index contributed by atoms with van der Waals surface area (Å²) in [6.07, 6.45) is 2.16. The van der Waals surface area contributed by atoms with E-state index < -0.39 is 0 Å². The van der Waals surface area contributed by atoms with Crippen LogP contribution in [-0.2, 0) is 24.3 Å². The molecule has 0 bridgehead atoms. The first-order valence-electron chi connectivity index (χ1n) is 10.5. The van der Waals surface area contributed by atoms with Crippen LogP contribution in [0.1, 0.15) is 17.4 Å². The number of rotatable bonds is 8. The number of aromatic nitrogens is 2. The van der Waals surface area contributed by atoms with E-state index in [0.717, 1.165) is 17.7 Å². The minimum absolute atomic E-state index is 0.0585. The molecule has 1 amide bonds. The van der Waals surface area contributed by atoms with E-state index in [1.54, 1.807) is 36.6 Å². The molecule has 170 valence electrons. The standard InChI is InChI=1S/C25H24ClN3O3S/c1-17(12-21-4-3-11-33-21)29(14-18-5-8-20(32-2)9-6-18)24(30)15-28-16-27-23-10-7-19(26)13-22(23)25(28)31/h3-11,13,16-17H,12,14-15H2,1-2H3/t17-/m0/s1. The number of hydrogen-bond acceptors (Lipinski definition) is 5. The molecule has 33 heavy (non-hydrogen) atoms. The molecule has 0 fully saturated rings. The maximum atomic E-state index is 13.5. The van der Waals surface area contributed by atoms with Crippen molar-refractivity contribution in [2.75, 3.05) is 7.11 Å². The van der Waals surface area contributed by atoms with Crippen LogP contribution in [0.4, 0.5) is 0 Å². The Bertz CT molecular complexity index is 1300. The molecule has 0 unspecified atom stereocenters. The van der Waals surface area contributed by atoms with Crippen LogP contribution < -0.4 is 10.3 Å². The fourth-order valence-electron chi connectivity index (χ4n) is 3.73. The number of ether oxygens (including phenoxy) is 1. The van der Waals surface area contributed by atoms with E-state index in [0.29, 0.717) is 22.5 Å². The first kappa shape index (κ1) is 23.0. The summed E-state index contributed by atoms with van der Waals surface area (Å²) in [5.74, 6) is 0.607. The van der Waals surface area contributed by atoms with Crippen molar-refractivity contribution < 1.29 is 9.53 Å². The predicted octanol–water partition coefficient (Wildman–Crippen LogP) is 4.78. The van der Waals surface area contributed by atoms with E-state index in [4.69, 9.17) is 16.3 Å².